The largest absolute Gasteiger partial charge is 0.497 e. The van der Waals surface area contributed by atoms with E-state index in [4.69, 9.17) is 4.74 Å². The fourth-order valence-electron chi connectivity index (χ4n) is 1.22. The summed E-state index contributed by atoms with van der Waals surface area (Å²) >= 11 is 0. The predicted octanol–water partition coefficient (Wildman–Crippen LogP) is 2.03. The van der Waals surface area contributed by atoms with Gasteiger partial charge in [0.15, 0.2) is 0 Å². The number of azo groups is 1. The fraction of sp³-hybridized carbons (Fsp3) is 0.100. The van der Waals surface area contributed by atoms with Crippen molar-refractivity contribution < 1.29 is 9.53 Å². The second kappa shape index (κ2) is 3.41. The number of benzene rings is 1. The molecule has 70 valence electrons. The molecule has 0 atom stereocenters. The number of amides is 1. The highest BCUT2D eigenvalue weighted by molar-refractivity contribution is 6.20. The summed E-state index contributed by atoms with van der Waals surface area (Å²) in [4.78, 5) is 11.2. The molecule has 2 rings (SSSR count). The molecule has 1 aliphatic rings. The number of methoxy groups -OCH3 is 1. The van der Waals surface area contributed by atoms with E-state index in [0.29, 0.717) is 5.57 Å². The highest BCUT2D eigenvalue weighted by atomic mass is 16.5. The van der Waals surface area contributed by atoms with Crippen molar-refractivity contribution in [3.05, 3.63) is 36.0 Å². The molecule has 1 heterocycles. The Morgan fingerprint density at radius 3 is 2.43 bits per heavy atom. The maximum atomic E-state index is 11.2. The van der Waals surface area contributed by atoms with Gasteiger partial charge < -0.3 is 4.74 Å². The van der Waals surface area contributed by atoms with Gasteiger partial charge >= 0.3 is 0 Å². The van der Waals surface area contributed by atoms with E-state index in [9.17, 15) is 4.79 Å². The van der Waals surface area contributed by atoms with Gasteiger partial charge in [0.05, 0.1) is 18.9 Å². The van der Waals surface area contributed by atoms with Crippen LogP contribution in [0.3, 0.4) is 0 Å². The molecule has 1 aliphatic heterocycles. The third-order valence-electron chi connectivity index (χ3n) is 1.97. The second-order valence-corrected chi connectivity index (χ2v) is 2.79. The van der Waals surface area contributed by atoms with E-state index in [1.54, 1.807) is 31.4 Å². The Morgan fingerprint density at radius 1 is 1.21 bits per heavy atom. The van der Waals surface area contributed by atoms with Gasteiger partial charge in [0.1, 0.15) is 5.75 Å². The lowest BCUT2D eigenvalue weighted by Crippen LogP contribution is -1.93. The minimum atomic E-state index is -0.296. The van der Waals surface area contributed by atoms with Gasteiger partial charge in [-0.3, -0.25) is 4.79 Å². The molecule has 0 unspecified atom stereocenters. The Hall–Kier alpha value is -1.97. The fourth-order valence-corrected chi connectivity index (χ4v) is 1.22. The molecular formula is C10H8N2O2. The molecule has 1 aromatic carbocycles. The number of hydrogen-bond acceptors (Lipinski definition) is 3. The van der Waals surface area contributed by atoms with Crippen LogP contribution < -0.4 is 4.74 Å². The zero-order valence-corrected chi connectivity index (χ0v) is 7.60. The van der Waals surface area contributed by atoms with Gasteiger partial charge in [0, 0.05) is 0 Å². The minimum absolute atomic E-state index is 0.296. The molecule has 0 radical (unpaired) electrons. The van der Waals surface area contributed by atoms with E-state index in [1.807, 2.05) is 0 Å². The summed E-state index contributed by atoms with van der Waals surface area (Å²) in [5.41, 5.74) is 1.33. The summed E-state index contributed by atoms with van der Waals surface area (Å²) < 4.78 is 5.01. The zero-order valence-electron chi connectivity index (χ0n) is 7.60. The monoisotopic (exact) mass is 188 g/mol. The summed E-state index contributed by atoms with van der Waals surface area (Å²) in [5.74, 6) is 0.462. The van der Waals surface area contributed by atoms with Crippen LogP contribution in [-0.4, -0.2) is 13.0 Å². The Bertz CT molecular complexity index is 418. The van der Waals surface area contributed by atoms with Gasteiger partial charge in [0.2, 0.25) is 0 Å². The molecule has 0 spiro atoms. The van der Waals surface area contributed by atoms with Crippen LogP contribution in [0, 0.1) is 0 Å². The zero-order chi connectivity index (χ0) is 9.97. The maximum absolute atomic E-state index is 11.2. The summed E-state index contributed by atoms with van der Waals surface area (Å²) in [5, 5.41) is 6.95. The van der Waals surface area contributed by atoms with Gasteiger partial charge in [-0.25, -0.2) is 0 Å². The summed E-state index contributed by atoms with van der Waals surface area (Å²) in [7, 11) is 1.60. The average Bonchev–Trinajstić information content (AvgIpc) is 2.65. The average molecular weight is 188 g/mol. The number of carbonyl (C=O) groups excluding carboxylic acids is 1. The molecule has 0 aliphatic carbocycles. The van der Waals surface area contributed by atoms with Crippen molar-refractivity contribution in [3.63, 3.8) is 0 Å². The molecule has 0 saturated carbocycles. The third kappa shape index (κ3) is 1.42. The van der Waals surface area contributed by atoms with Gasteiger partial charge in [0.25, 0.3) is 5.91 Å². The van der Waals surface area contributed by atoms with Gasteiger partial charge in [-0.2, -0.15) is 5.11 Å². The topological polar surface area (TPSA) is 51.0 Å². The van der Waals surface area contributed by atoms with E-state index < -0.39 is 0 Å². The first kappa shape index (κ1) is 8.62. The SMILES string of the molecule is COc1ccc(C2=CN=NC2=O)cc1. The van der Waals surface area contributed by atoms with Crippen LogP contribution in [0.2, 0.25) is 0 Å². The first-order chi connectivity index (χ1) is 6.81. The smallest absolute Gasteiger partial charge is 0.297 e. The Labute approximate surface area is 80.9 Å². The molecule has 0 fully saturated rings. The van der Waals surface area contributed by atoms with Crippen LogP contribution >= 0.6 is 0 Å². The van der Waals surface area contributed by atoms with Crippen LogP contribution in [0.25, 0.3) is 5.57 Å². The van der Waals surface area contributed by atoms with E-state index >= 15 is 0 Å². The van der Waals surface area contributed by atoms with E-state index in [0.717, 1.165) is 11.3 Å². The molecule has 1 amide bonds. The molecule has 0 saturated heterocycles. The lowest BCUT2D eigenvalue weighted by molar-refractivity contribution is -0.112. The van der Waals surface area contributed by atoms with Crippen LogP contribution in [0.1, 0.15) is 5.56 Å². The van der Waals surface area contributed by atoms with E-state index in [2.05, 4.69) is 10.2 Å². The Morgan fingerprint density at radius 2 is 1.93 bits per heavy atom. The van der Waals surface area contributed by atoms with Crippen molar-refractivity contribution in [2.24, 2.45) is 10.2 Å². The lowest BCUT2D eigenvalue weighted by Gasteiger charge is -2.01. The van der Waals surface area contributed by atoms with Crippen molar-refractivity contribution in [2.45, 2.75) is 0 Å². The van der Waals surface area contributed by atoms with E-state index in [1.165, 1.54) is 6.20 Å². The molecule has 0 N–H and O–H groups in total. The van der Waals surface area contributed by atoms with Gasteiger partial charge in [-0.15, -0.1) is 5.11 Å². The third-order valence-corrected chi connectivity index (χ3v) is 1.97. The molecular weight excluding hydrogens is 180 g/mol. The van der Waals surface area contributed by atoms with Crippen LogP contribution in [-0.2, 0) is 4.79 Å². The quantitative estimate of drug-likeness (QED) is 0.712. The van der Waals surface area contributed by atoms with Gasteiger partial charge in [-0.05, 0) is 17.7 Å². The van der Waals surface area contributed by atoms with Crippen molar-refractivity contribution in [3.8, 4) is 5.75 Å². The standard InChI is InChI=1S/C10H8N2O2/c1-14-8-4-2-7(3-5-8)9-6-11-12-10(9)13/h2-6H,1H3. The van der Waals surface area contributed by atoms with Gasteiger partial charge in [-0.1, -0.05) is 12.1 Å². The number of ether oxygens (including phenoxy) is 1. The van der Waals surface area contributed by atoms with Crippen molar-refractivity contribution >= 4 is 11.5 Å². The van der Waals surface area contributed by atoms with Crippen LogP contribution in [0.4, 0.5) is 0 Å². The lowest BCUT2D eigenvalue weighted by atomic mass is 10.1. The number of nitrogens with zero attached hydrogens (tertiary/aromatic N) is 2. The van der Waals surface area contributed by atoms with E-state index in [-0.39, 0.29) is 5.91 Å². The summed E-state index contributed by atoms with van der Waals surface area (Å²) in [6.45, 7) is 0. The molecule has 0 aromatic heterocycles. The molecule has 1 aromatic rings. The first-order valence-electron chi connectivity index (χ1n) is 4.11. The Kier molecular flexibility index (Phi) is 2.10. The van der Waals surface area contributed by atoms with Crippen LogP contribution in [0.5, 0.6) is 5.75 Å². The normalized spacial score (nSPS) is 14.4. The number of hydrogen-bond donors (Lipinski definition) is 0. The highest BCUT2D eigenvalue weighted by Gasteiger charge is 2.14. The van der Waals surface area contributed by atoms with Crippen LogP contribution in [0.15, 0.2) is 40.7 Å². The van der Waals surface area contributed by atoms with Crippen molar-refractivity contribution in [1.82, 2.24) is 0 Å². The second-order valence-electron chi connectivity index (χ2n) is 2.79. The highest BCUT2D eigenvalue weighted by Crippen LogP contribution is 2.22. The first-order valence-corrected chi connectivity index (χ1v) is 4.11. The predicted molar refractivity (Wildman–Crippen MR) is 50.8 cm³/mol. The Balaban J connectivity index is 2.30. The summed E-state index contributed by atoms with van der Waals surface area (Å²) in [6, 6.07) is 7.20. The number of carbonyl (C=O) groups is 1. The molecule has 4 heteroatoms. The molecule has 4 nitrogen and oxygen atoms in total. The van der Waals surface area contributed by atoms with Crippen molar-refractivity contribution in [1.29, 1.82) is 0 Å². The summed E-state index contributed by atoms with van der Waals surface area (Å²) in [6.07, 6.45) is 1.46. The minimum Gasteiger partial charge on any atom is -0.497 e. The molecule has 0 bridgehead atoms. The molecule has 14 heavy (non-hydrogen) atoms. The maximum Gasteiger partial charge on any atom is 0.297 e. The number of rotatable bonds is 2. The van der Waals surface area contributed by atoms with Crippen molar-refractivity contribution in [2.75, 3.05) is 7.11 Å².